The van der Waals surface area contributed by atoms with Gasteiger partial charge in [-0.05, 0) is 25.5 Å². The van der Waals surface area contributed by atoms with E-state index < -0.39 is 17.6 Å². The van der Waals surface area contributed by atoms with E-state index in [0.29, 0.717) is 17.8 Å². The van der Waals surface area contributed by atoms with Crippen LogP contribution in [0.1, 0.15) is 40.0 Å². The predicted molar refractivity (Wildman–Crippen MR) is 114 cm³/mol. The molecule has 5 nitrogen and oxygen atoms in total. The van der Waals surface area contributed by atoms with Crippen LogP contribution in [-0.4, -0.2) is 59.2 Å². The molecule has 3 atom stereocenters. The normalized spacial score (nSPS) is 24.8. The number of hydrogen-bond acceptors (Lipinski definition) is 4. The third kappa shape index (κ3) is 4.46. The minimum Gasteiger partial charge on any atom is -0.307 e. The third-order valence-corrected chi connectivity index (χ3v) is 6.99. The van der Waals surface area contributed by atoms with Crippen molar-refractivity contribution in [3.05, 3.63) is 24.3 Å². The molecule has 2 amide bonds. The van der Waals surface area contributed by atoms with E-state index in [0.717, 1.165) is 24.6 Å². The zero-order valence-electron chi connectivity index (χ0n) is 17.5. The van der Waals surface area contributed by atoms with E-state index in [-0.39, 0.29) is 36.7 Å². The number of fused-ring (bicyclic) bond motifs is 1. The number of nitrogens with zero attached hydrogens (tertiary/aromatic N) is 3. The molecule has 2 aliphatic rings. The lowest BCUT2D eigenvalue weighted by molar-refractivity contribution is -0.161. The van der Waals surface area contributed by atoms with Gasteiger partial charge in [0.05, 0.1) is 17.4 Å². The van der Waals surface area contributed by atoms with Crippen molar-refractivity contribution in [2.75, 3.05) is 28.6 Å². The molecule has 3 unspecified atom stereocenters. The molecule has 30 heavy (non-hydrogen) atoms. The monoisotopic (exact) mass is 443 g/mol. The van der Waals surface area contributed by atoms with Crippen LogP contribution in [0.3, 0.4) is 0 Å². The van der Waals surface area contributed by atoms with Crippen molar-refractivity contribution >= 4 is 35.0 Å². The highest BCUT2D eigenvalue weighted by Crippen LogP contribution is 2.42. The summed E-state index contributed by atoms with van der Waals surface area (Å²) in [5.74, 6) is -0.344. The number of anilines is 2. The maximum absolute atomic E-state index is 13.6. The van der Waals surface area contributed by atoms with Crippen molar-refractivity contribution in [2.24, 2.45) is 0 Å². The largest absolute Gasteiger partial charge is 0.413 e. The Labute approximate surface area is 179 Å². The zero-order valence-corrected chi connectivity index (χ0v) is 18.3. The first-order valence-corrected chi connectivity index (χ1v) is 11.4. The predicted octanol–water partition coefficient (Wildman–Crippen LogP) is 4.27. The van der Waals surface area contributed by atoms with Gasteiger partial charge >= 0.3 is 6.18 Å². The Balaban J connectivity index is 1.90. The molecule has 0 bridgehead atoms. The first kappa shape index (κ1) is 22.9. The highest BCUT2D eigenvalue weighted by Gasteiger charge is 2.53. The molecular weight excluding hydrogens is 415 g/mol. The van der Waals surface area contributed by atoms with E-state index in [1.165, 1.54) is 11.8 Å². The Morgan fingerprint density at radius 2 is 1.83 bits per heavy atom. The summed E-state index contributed by atoms with van der Waals surface area (Å²) in [7, 11) is 0. The molecule has 9 heteroatoms. The molecule has 0 saturated carbocycles. The standard InChI is InChI=1S/C21H28F3N3O2S/c1-4-5-8-11-25-18(13-30-20(25)21(22,23)24)19(29)26-12-14(2)27(15(3)28)17-10-7-6-9-16(17)26/h6-7,9-10,14,18,20H,4-5,8,11-13H2,1-3H3. The Kier molecular flexibility index (Phi) is 7.02. The molecule has 166 valence electrons. The third-order valence-electron chi connectivity index (χ3n) is 5.62. The van der Waals surface area contributed by atoms with Gasteiger partial charge in [-0.25, -0.2) is 0 Å². The summed E-state index contributed by atoms with van der Waals surface area (Å²) >= 11 is 0.792. The average Bonchev–Trinajstić information content (AvgIpc) is 3.11. The first-order valence-electron chi connectivity index (χ1n) is 10.3. The van der Waals surface area contributed by atoms with E-state index >= 15 is 0 Å². The molecule has 2 heterocycles. The lowest BCUT2D eigenvalue weighted by Crippen LogP contribution is -2.57. The smallest absolute Gasteiger partial charge is 0.307 e. The van der Waals surface area contributed by atoms with Crippen molar-refractivity contribution in [3.8, 4) is 0 Å². The van der Waals surface area contributed by atoms with Crippen LogP contribution in [-0.2, 0) is 9.59 Å². The zero-order chi connectivity index (χ0) is 22.1. The fourth-order valence-electron chi connectivity index (χ4n) is 4.30. The minimum absolute atomic E-state index is 0.110. The fraction of sp³-hybridized carbons (Fsp3) is 0.619. The van der Waals surface area contributed by atoms with Gasteiger partial charge in [-0.15, -0.1) is 11.8 Å². The van der Waals surface area contributed by atoms with Crippen LogP contribution in [0.15, 0.2) is 24.3 Å². The van der Waals surface area contributed by atoms with E-state index in [1.807, 2.05) is 13.8 Å². The number of carbonyl (C=O) groups excluding carboxylic acids is 2. The summed E-state index contributed by atoms with van der Waals surface area (Å²) in [6.45, 7) is 5.82. The van der Waals surface area contributed by atoms with Gasteiger partial charge in [-0.2, -0.15) is 13.2 Å². The van der Waals surface area contributed by atoms with Crippen LogP contribution in [0, 0.1) is 0 Å². The van der Waals surface area contributed by atoms with Crippen LogP contribution >= 0.6 is 11.8 Å². The van der Waals surface area contributed by atoms with Gasteiger partial charge in [0.2, 0.25) is 11.8 Å². The average molecular weight is 444 g/mol. The van der Waals surface area contributed by atoms with Crippen LogP contribution in [0.2, 0.25) is 0 Å². The number of benzene rings is 1. The summed E-state index contributed by atoms with van der Waals surface area (Å²) in [6, 6.07) is 5.99. The number of carbonyl (C=O) groups is 2. The quantitative estimate of drug-likeness (QED) is 0.638. The van der Waals surface area contributed by atoms with Gasteiger partial charge < -0.3 is 9.80 Å². The maximum atomic E-state index is 13.6. The molecule has 3 rings (SSSR count). The number of para-hydroxylation sites is 2. The van der Waals surface area contributed by atoms with Crippen LogP contribution in [0.5, 0.6) is 0 Å². The summed E-state index contributed by atoms with van der Waals surface area (Å²) in [6.07, 6.45) is -2.04. The van der Waals surface area contributed by atoms with Crippen molar-refractivity contribution in [3.63, 3.8) is 0 Å². The highest BCUT2D eigenvalue weighted by molar-refractivity contribution is 8.00. The van der Waals surface area contributed by atoms with Crippen molar-refractivity contribution < 1.29 is 22.8 Å². The van der Waals surface area contributed by atoms with E-state index in [4.69, 9.17) is 0 Å². The molecule has 1 fully saturated rings. The Morgan fingerprint density at radius 3 is 2.43 bits per heavy atom. The van der Waals surface area contributed by atoms with Crippen molar-refractivity contribution in [1.29, 1.82) is 0 Å². The number of alkyl halides is 3. The molecule has 0 N–H and O–H groups in total. The van der Waals surface area contributed by atoms with Crippen molar-refractivity contribution in [2.45, 2.75) is 63.7 Å². The lowest BCUT2D eigenvalue weighted by atomic mass is 10.1. The van der Waals surface area contributed by atoms with Crippen LogP contribution < -0.4 is 9.80 Å². The molecule has 1 aromatic carbocycles. The maximum Gasteiger partial charge on any atom is 0.413 e. The van der Waals surface area contributed by atoms with Gasteiger partial charge in [-0.3, -0.25) is 14.5 Å². The summed E-state index contributed by atoms with van der Waals surface area (Å²) in [4.78, 5) is 30.2. The number of hydrogen-bond donors (Lipinski definition) is 0. The van der Waals surface area contributed by atoms with E-state index in [1.54, 1.807) is 34.1 Å². The Bertz CT molecular complexity index is 789. The summed E-state index contributed by atoms with van der Waals surface area (Å²) in [5.41, 5.74) is 1.19. The molecule has 0 spiro atoms. The highest BCUT2D eigenvalue weighted by atomic mass is 32.2. The second kappa shape index (κ2) is 9.18. The van der Waals surface area contributed by atoms with Gasteiger partial charge in [0.15, 0.2) is 5.37 Å². The second-order valence-electron chi connectivity index (χ2n) is 7.86. The molecule has 1 saturated heterocycles. The SMILES string of the molecule is CCCCCN1C(C(=O)N2CC(C)N(C(C)=O)c3ccccc32)CSC1C(F)(F)F. The number of rotatable bonds is 5. The second-order valence-corrected chi connectivity index (χ2v) is 8.98. The molecule has 0 radical (unpaired) electrons. The van der Waals surface area contributed by atoms with E-state index in [9.17, 15) is 22.8 Å². The number of unbranched alkanes of at least 4 members (excludes halogenated alkanes) is 2. The topological polar surface area (TPSA) is 43.9 Å². The van der Waals surface area contributed by atoms with Crippen LogP contribution in [0.25, 0.3) is 0 Å². The Morgan fingerprint density at radius 1 is 1.17 bits per heavy atom. The number of amides is 2. The minimum atomic E-state index is -4.38. The lowest BCUT2D eigenvalue weighted by Gasteiger charge is -2.42. The molecule has 0 aliphatic carbocycles. The van der Waals surface area contributed by atoms with Gasteiger partial charge in [-0.1, -0.05) is 31.9 Å². The van der Waals surface area contributed by atoms with E-state index in [2.05, 4.69) is 0 Å². The van der Waals surface area contributed by atoms with Gasteiger partial charge in [0.25, 0.3) is 0 Å². The molecule has 2 aliphatic heterocycles. The Hall–Kier alpha value is -1.74. The molecular formula is C21H28F3N3O2S. The molecule has 0 aromatic heterocycles. The summed E-state index contributed by atoms with van der Waals surface area (Å²) in [5, 5.41) is -1.66. The number of thioether (sulfide) groups is 1. The number of halogens is 3. The van der Waals surface area contributed by atoms with Crippen LogP contribution in [0.4, 0.5) is 24.5 Å². The first-order chi connectivity index (χ1) is 14.2. The van der Waals surface area contributed by atoms with Gasteiger partial charge in [0, 0.05) is 25.8 Å². The molecule has 1 aromatic rings. The summed E-state index contributed by atoms with van der Waals surface area (Å²) < 4.78 is 40.8. The fourth-order valence-corrected chi connectivity index (χ4v) is 5.63. The van der Waals surface area contributed by atoms with Gasteiger partial charge in [0.1, 0.15) is 6.04 Å². The van der Waals surface area contributed by atoms with Crippen molar-refractivity contribution in [1.82, 2.24) is 4.90 Å².